The molecule has 4 nitrogen and oxygen atoms in total. The highest BCUT2D eigenvalue weighted by atomic mass is 16.5. The minimum absolute atomic E-state index is 0.874. The average Bonchev–Trinajstić information content (AvgIpc) is 2.65. The molecule has 0 unspecified atom stereocenters. The molecule has 0 amide bonds. The van der Waals surface area contributed by atoms with Crippen LogP contribution in [0.5, 0.6) is 5.75 Å². The van der Waals surface area contributed by atoms with Crippen molar-refractivity contribution in [2.24, 2.45) is 5.10 Å². The second-order valence-electron chi connectivity index (χ2n) is 6.78. The molecule has 4 heteroatoms. The van der Waals surface area contributed by atoms with Crippen LogP contribution in [0.15, 0.2) is 53.6 Å². The number of methoxy groups -OCH3 is 1. The maximum atomic E-state index is 5.30. The van der Waals surface area contributed by atoms with Crippen LogP contribution in [0.25, 0.3) is 0 Å². The number of hydrazone groups is 1. The van der Waals surface area contributed by atoms with Gasteiger partial charge in [0.2, 0.25) is 0 Å². The fourth-order valence-corrected chi connectivity index (χ4v) is 3.20. The lowest BCUT2D eigenvalue weighted by atomic mass is 10.1. The van der Waals surface area contributed by atoms with E-state index >= 15 is 0 Å². The number of ether oxygens (including phenoxy) is 1. The summed E-state index contributed by atoms with van der Waals surface area (Å²) in [4.78, 5) is 1.63. The number of hydrogen-bond acceptors (Lipinski definition) is 3. The number of nitrogens with zero attached hydrogens (tertiary/aromatic N) is 2. The Morgan fingerprint density at radius 2 is 1.84 bits per heavy atom. The molecule has 1 heterocycles. The fourth-order valence-electron chi connectivity index (χ4n) is 3.20. The Kier molecular flexibility index (Phi) is 5.71. The molecule has 0 atom stereocenters. The Hall–Kier alpha value is -2.33. The second-order valence-corrected chi connectivity index (χ2v) is 6.78. The van der Waals surface area contributed by atoms with Crippen molar-refractivity contribution in [1.82, 2.24) is 5.01 Å². The van der Waals surface area contributed by atoms with Crippen LogP contribution in [-0.2, 0) is 6.54 Å². The van der Waals surface area contributed by atoms with Gasteiger partial charge in [0.05, 0.1) is 39.0 Å². The molecule has 1 fully saturated rings. The van der Waals surface area contributed by atoms with Crippen molar-refractivity contribution < 1.29 is 9.64 Å². The van der Waals surface area contributed by atoms with Gasteiger partial charge in [0.25, 0.3) is 0 Å². The quantitative estimate of drug-likeness (QED) is 0.847. The third-order valence-electron chi connectivity index (χ3n) is 4.80. The molecule has 1 aliphatic heterocycles. The first kappa shape index (κ1) is 17.5. The van der Waals surface area contributed by atoms with Gasteiger partial charge in [-0.25, -0.2) is 0 Å². The molecule has 0 radical (unpaired) electrons. The summed E-state index contributed by atoms with van der Waals surface area (Å²) in [5.74, 6) is 0.874. The molecule has 3 rings (SSSR count). The minimum Gasteiger partial charge on any atom is -0.497 e. The monoisotopic (exact) mass is 338 g/mol. The number of benzene rings is 2. The fraction of sp³-hybridized carbons (Fsp3) is 0.381. The van der Waals surface area contributed by atoms with Crippen LogP contribution in [0.3, 0.4) is 0 Å². The van der Waals surface area contributed by atoms with Crippen molar-refractivity contribution in [3.63, 3.8) is 0 Å². The number of quaternary nitrogens is 1. The molecule has 1 N–H and O–H groups in total. The maximum absolute atomic E-state index is 5.30. The van der Waals surface area contributed by atoms with Gasteiger partial charge < -0.3 is 9.64 Å². The zero-order valence-corrected chi connectivity index (χ0v) is 15.5. The molecule has 25 heavy (non-hydrogen) atoms. The predicted octanol–water partition coefficient (Wildman–Crippen LogP) is 2.13. The van der Waals surface area contributed by atoms with Crippen molar-refractivity contribution in [2.45, 2.75) is 20.4 Å². The zero-order valence-electron chi connectivity index (χ0n) is 15.5. The average molecular weight is 338 g/mol. The van der Waals surface area contributed by atoms with Crippen molar-refractivity contribution in [1.29, 1.82) is 0 Å². The Labute approximate surface area is 150 Å². The van der Waals surface area contributed by atoms with Crippen LogP contribution in [-0.4, -0.2) is 44.0 Å². The molecule has 0 aliphatic carbocycles. The van der Waals surface area contributed by atoms with Gasteiger partial charge in [0.15, 0.2) is 0 Å². The zero-order chi connectivity index (χ0) is 17.6. The van der Waals surface area contributed by atoms with Gasteiger partial charge in [0, 0.05) is 11.1 Å². The number of rotatable bonds is 5. The van der Waals surface area contributed by atoms with Crippen LogP contribution < -0.4 is 9.64 Å². The summed E-state index contributed by atoms with van der Waals surface area (Å²) >= 11 is 0. The Morgan fingerprint density at radius 3 is 2.52 bits per heavy atom. The van der Waals surface area contributed by atoms with Gasteiger partial charge in [-0.05, 0) is 26.0 Å². The highest BCUT2D eigenvalue weighted by Crippen LogP contribution is 2.13. The summed E-state index contributed by atoms with van der Waals surface area (Å²) in [5, 5.41) is 7.02. The summed E-state index contributed by atoms with van der Waals surface area (Å²) in [5.41, 5.74) is 4.91. The molecule has 0 aromatic heterocycles. The van der Waals surface area contributed by atoms with Crippen molar-refractivity contribution in [2.75, 3.05) is 33.3 Å². The highest BCUT2D eigenvalue weighted by Gasteiger charge is 2.19. The standard InChI is InChI=1S/C21H27N3O/c1-17-7-9-19(10-8-17)16-23-11-13-24(14-12-23)22-18(2)20-5-4-6-21(15-20)25-3/h4-10,15H,11-14,16H2,1-3H3/p+1/b22-18-. The van der Waals surface area contributed by atoms with Gasteiger partial charge in [0.1, 0.15) is 12.3 Å². The molecule has 1 aliphatic rings. The lowest BCUT2D eigenvalue weighted by Gasteiger charge is -2.31. The van der Waals surface area contributed by atoms with E-state index in [2.05, 4.69) is 49.2 Å². The van der Waals surface area contributed by atoms with Gasteiger partial charge in [-0.2, -0.15) is 5.10 Å². The molecular formula is C21H28N3O+. The molecule has 0 spiro atoms. The number of piperazine rings is 1. The Balaban J connectivity index is 1.55. The first-order chi connectivity index (χ1) is 12.1. The van der Waals surface area contributed by atoms with E-state index in [0.29, 0.717) is 0 Å². The highest BCUT2D eigenvalue weighted by molar-refractivity contribution is 5.98. The third-order valence-corrected chi connectivity index (χ3v) is 4.80. The van der Waals surface area contributed by atoms with E-state index in [9.17, 15) is 0 Å². The topological polar surface area (TPSA) is 29.3 Å². The number of aryl methyl sites for hydroxylation is 1. The summed E-state index contributed by atoms with van der Waals surface area (Å²) in [6, 6.07) is 17.0. The van der Waals surface area contributed by atoms with Crippen LogP contribution >= 0.6 is 0 Å². The van der Waals surface area contributed by atoms with Gasteiger partial charge >= 0.3 is 0 Å². The van der Waals surface area contributed by atoms with Gasteiger partial charge in [-0.15, -0.1) is 0 Å². The lowest BCUT2D eigenvalue weighted by molar-refractivity contribution is -0.918. The minimum atomic E-state index is 0.874. The Bertz CT molecular complexity index is 716. The lowest BCUT2D eigenvalue weighted by Crippen LogP contribution is -3.13. The Morgan fingerprint density at radius 1 is 1.12 bits per heavy atom. The summed E-state index contributed by atoms with van der Waals surface area (Å²) < 4.78 is 5.30. The third kappa shape index (κ3) is 4.83. The van der Waals surface area contributed by atoms with E-state index in [1.807, 2.05) is 18.2 Å². The number of nitrogens with one attached hydrogen (secondary N) is 1. The molecular weight excluding hydrogens is 310 g/mol. The van der Waals surface area contributed by atoms with Crippen LogP contribution in [0.4, 0.5) is 0 Å². The van der Waals surface area contributed by atoms with Crippen molar-refractivity contribution in [3.05, 3.63) is 65.2 Å². The largest absolute Gasteiger partial charge is 0.497 e. The van der Waals surface area contributed by atoms with E-state index in [-0.39, 0.29) is 0 Å². The SMILES string of the molecule is COc1cccc(/C(C)=N\N2CC[NH+](Cc3ccc(C)cc3)CC2)c1. The van der Waals surface area contributed by atoms with E-state index in [4.69, 9.17) is 9.84 Å². The molecule has 132 valence electrons. The summed E-state index contributed by atoms with van der Waals surface area (Å²) in [6.45, 7) is 9.57. The molecule has 2 aromatic rings. The normalized spacial score (nSPS) is 16.1. The van der Waals surface area contributed by atoms with E-state index in [1.54, 1.807) is 12.0 Å². The second kappa shape index (κ2) is 8.17. The molecule has 2 aromatic carbocycles. The van der Waals surface area contributed by atoms with E-state index in [0.717, 1.165) is 49.7 Å². The van der Waals surface area contributed by atoms with Crippen LogP contribution in [0.1, 0.15) is 23.6 Å². The van der Waals surface area contributed by atoms with Gasteiger partial charge in [-0.1, -0.05) is 42.0 Å². The van der Waals surface area contributed by atoms with Gasteiger partial charge in [-0.3, -0.25) is 5.01 Å². The number of hydrogen-bond donors (Lipinski definition) is 1. The van der Waals surface area contributed by atoms with Crippen molar-refractivity contribution >= 4 is 5.71 Å². The van der Waals surface area contributed by atoms with Crippen molar-refractivity contribution in [3.8, 4) is 5.75 Å². The molecule has 1 saturated heterocycles. The summed E-state index contributed by atoms with van der Waals surface area (Å²) in [7, 11) is 1.70. The maximum Gasteiger partial charge on any atom is 0.119 e. The van der Waals surface area contributed by atoms with E-state index < -0.39 is 0 Å². The smallest absolute Gasteiger partial charge is 0.119 e. The van der Waals surface area contributed by atoms with E-state index in [1.165, 1.54) is 11.1 Å². The molecule has 0 bridgehead atoms. The van der Waals surface area contributed by atoms with Crippen LogP contribution in [0, 0.1) is 6.92 Å². The predicted molar refractivity (Wildman–Crippen MR) is 102 cm³/mol. The first-order valence-electron chi connectivity index (χ1n) is 8.98. The van der Waals surface area contributed by atoms with Crippen LogP contribution in [0.2, 0.25) is 0 Å². The first-order valence-corrected chi connectivity index (χ1v) is 8.98. The molecule has 0 saturated carbocycles. The summed E-state index contributed by atoms with van der Waals surface area (Å²) in [6.07, 6.45) is 0.